The van der Waals surface area contributed by atoms with Crippen molar-refractivity contribution in [1.82, 2.24) is 10.2 Å². The first-order chi connectivity index (χ1) is 10.2. The largest absolute Gasteiger partial charge is 0.340 e. The minimum Gasteiger partial charge on any atom is -0.340 e. The van der Waals surface area contributed by atoms with Crippen LogP contribution in [0, 0.1) is 0 Å². The topological polar surface area (TPSA) is 49.4 Å². The Morgan fingerprint density at radius 2 is 1.71 bits per heavy atom. The molecule has 2 amide bonds. The maximum Gasteiger partial charge on any atom is 0.249 e. The number of carbonyl (C=O) groups excluding carboxylic acids is 2. The average Bonchev–Trinajstić information content (AvgIpc) is 3.23. The van der Waals surface area contributed by atoms with E-state index in [-0.39, 0.29) is 17.9 Å². The van der Waals surface area contributed by atoms with Gasteiger partial charge in [0.25, 0.3) is 0 Å². The summed E-state index contributed by atoms with van der Waals surface area (Å²) in [5.41, 5.74) is 0.313. The van der Waals surface area contributed by atoms with Crippen LogP contribution >= 0.6 is 0 Å². The Morgan fingerprint density at radius 1 is 1.05 bits per heavy atom. The molecule has 2 saturated carbocycles. The van der Waals surface area contributed by atoms with E-state index in [1.807, 2.05) is 35.2 Å². The third kappa shape index (κ3) is 1.96. The van der Waals surface area contributed by atoms with E-state index >= 15 is 0 Å². The Bertz CT molecular complexity index is 574. The third-order valence-corrected chi connectivity index (χ3v) is 5.05. The smallest absolute Gasteiger partial charge is 0.249 e. The lowest BCUT2D eigenvalue weighted by Crippen LogP contribution is -2.66. The zero-order chi connectivity index (χ0) is 14.4. The quantitative estimate of drug-likeness (QED) is 0.904. The number of amides is 2. The second-order valence-electron chi connectivity index (χ2n) is 6.54. The Kier molecular flexibility index (Phi) is 2.81. The first-order valence-corrected chi connectivity index (χ1v) is 7.91. The summed E-state index contributed by atoms with van der Waals surface area (Å²) < 4.78 is 0. The van der Waals surface area contributed by atoms with Crippen LogP contribution in [0.2, 0.25) is 0 Å². The van der Waals surface area contributed by atoms with E-state index in [9.17, 15) is 9.59 Å². The van der Waals surface area contributed by atoms with Gasteiger partial charge in [-0.3, -0.25) is 9.59 Å². The van der Waals surface area contributed by atoms with Gasteiger partial charge in [0.15, 0.2) is 0 Å². The van der Waals surface area contributed by atoms with Crippen molar-refractivity contribution < 1.29 is 9.59 Å². The Balaban J connectivity index is 1.74. The lowest BCUT2D eigenvalue weighted by Gasteiger charge is -2.44. The Morgan fingerprint density at radius 3 is 2.33 bits per heavy atom. The molecule has 1 N–H and O–H groups in total. The molecule has 1 aromatic rings. The number of nitrogens with zero attached hydrogens (tertiary/aromatic N) is 1. The molecule has 0 bridgehead atoms. The van der Waals surface area contributed by atoms with Crippen LogP contribution in [0.3, 0.4) is 0 Å². The molecule has 1 heterocycles. The highest BCUT2D eigenvalue weighted by Gasteiger charge is 2.55. The van der Waals surface area contributed by atoms with Crippen LogP contribution in [-0.2, 0) is 9.59 Å². The lowest BCUT2D eigenvalue weighted by molar-refractivity contribution is -0.156. The van der Waals surface area contributed by atoms with Crippen molar-refractivity contribution >= 4 is 11.8 Å². The van der Waals surface area contributed by atoms with Gasteiger partial charge in [0.2, 0.25) is 11.8 Å². The molecule has 1 unspecified atom stereocenters. The minimum atomic E-state index is -0.606. The summed E-state index contributed by atoms with van der Waals surface area (Å²) in [7, 11) is 0. The fourth-order valence-corrected chi connectivity index (χ4v) is 3.84. The van der Waals surface area contributed by atoms with Crippen LogP contribution in [-0.4, -0.2) is 28.3 Å². The second-order valence-corrected chi connectivity index (χ2v) is 6.54. The molecule has 4 rings (SSSR count). The molecule has 3 fully saturated rings. The number of nitrogens with one attached hydrogen (secondary N) is 1. The maximum atomic E-state index is 13.1. The summed E-state index contributed by atoms with van der Waals surface area (Å²) in [6.45, 7) is 0. The van der Waals surface area contributed by atoms with Gasteiger partial charge in [0, 0.05) is 6.04 Å². The first kappa shape index (κ1) is 12.9. The standard InChI is InChI=1S/C17H20N2O2/c20-15-14(12-6-2-1-3-7-12)19(13-8-9-13)16(21)17(18-15)10-4-5-11-17/h1-3,6-7,13-14H,4-5,8-11H2,(H,18,20). The molecule has 4 heteroatoms. The number of carbonyl (C=O) groups is 2. The van der Waals surface area contributed by atoms with E-state index in [1.165, 1.54) is 0 Å². The number of piperazine rings is 1. The summed E-state index contributed by atoms with van der Waals surface area (Å²) in [6, 6.07) is 9.49. The maximum absolute atomic E-state index is 13.1. The van der Waals surface area contributed by atoms with Crippen LogP contribution < -0.4 is 5.32 Å². The second kappa shape index (κ2) is 4.58. The van der Waals surface area contributed by atoms with Crippen molar-refractivity contribution in [3.8, 4) is 0 Å². The zero-order valence-corrected chi connectivity index (χ0v) is 12.0. The monoisotopic (exact) mass is 284 g/mol. The normalized spacial score (nSPS) is 28.0. The molecule has 110 valence electrons. The molecule has 1 saturated heterocycles. The van der Waals surface area contributed by atoms with Crippen molar-refractivity contribution in [1.29, 1.82) is 0 Å². The fourth-order valence-electron chi connectivity index (χ4n) is 3.84. The number of hydrogen-bond donors (Lipinski definition) is 1. The molecule has 1 atom stereocenters. The number of rotatable bonds is 2. The molecule has 1 spiro atoms. The number of hydrogen-bond acceptors (Lipinski definition) is 2. The van der Waals surface area contributed by atoms with Gasteiger partial charge < -0.3 is 10.2 Å². The molecule has 0 radical (unpaired) electrons. The van der Waals surface area contributed by atoms with Crippen LogP contribution in [0.5, 0.6) is 0 Å². The highest BCUT2D eigenvalue weighted by molar-refractivity contribution is 6.00. The van der Waals surface area contributed by atoms with E-state index in [0.29, 0.717) is 0 Å². The molecular weight excluding hydrogens is 264 g/mol. The molecule has 1 aliphatic heterocycles. The summed E-state index contributed by atoms with van der Waals surface area (Å²) in [5, 5.41) is 3.07. The highest BCUT2D eigenvalue weighted by Crippen LogP contribution is 2.43. The highest BCUT2D eigenvalue weighted by atomic mass is 16.2. The van der Waals surface area contributed by atoms with Gasteiger partial charge in [-0.05, 0) is 31.2 Å². The van der Waals surface area contributed by atoms with Gasteiger partial charge in [-0.2, -0.15) is 0 Å². The Hall–Kier alpha value is -1.84. The van der Waals surface area contributed by atoms with E-state index in [1.54, 1.807) is 0 Å². The molecule has 1 aromatic carbocycles. The SMILES string of the molecule is O=C1NC2(CCCC2)C(=O)N(C2CC2)C1c1ccccc1. The molecule has 21 heavy (non-hydrogen) atoms. The zero-order valence-electron chi connectivity index (χ0n) is 12.0. The predicted molar refractivity (Wildman–Crippen MR) is 78.4 cm³/mol. The van der Waals surface area contributed by atoms with Crippen molar-refractivity contribution in [2.24, 2.45) is 0 Å². The minimum absolute atomic E-state index is 0.00500. The van der Waals surface area contributed by atoms with Gasteiger partial charge in [-0.1, -0.05) is 43.2 Å². The van der Waals surface area contributed by atoms with E-state index in [0.717, 1.165) is 44.1 Å². The van der Waals surface area contributed by atoms with Crippen molar-refractivity contribution in [2.45, 2.75) is 56.1 Å². The van der Waals surface area contributed by atoms with Gasteiger partial charge in [0.1, 0.15) is 11.6 Å². The van der Waals surface area contributed by atoms with Crippen molar-refractivity contribution in [2.75, 3.05) is 0 Å². The average molecular weight is 284 g/mol. The summed E-state index contributed by atoms with van der Waals surface area (Å²) in [5.74, 6) is 0.144. The third-order valence-electron chi connectivity index (χ3n) is 5.05. The van der Waals surface area contributed by atoms with Gasteiger partial charge >= 0.3 is 0 Å². The Labute approximate surface area is 124 Å². The van der Waals surface area contributed by atoms with Gasteiger partial charge in [-0.25, -0.2) is 0 Å². The fraction of sp³-hybridized carbons (Fsp3) is 0.529. The van der Waals surface area contributed by atoms with E-state index < -0.39 is 11.6 Å². The molecular formula is C17H20N2O2. The summed E-state index contributed by atoms with van der Waals surface area (Å²) >= 11 is 0. The molecule has 3 aliphatic rings. The van der Waals surface area contributed by atoms with E-state index in [2.05, 4.69) is 5.32 Å². The van der Waals surface area contributed by atoms with Crippen LogP contribution in [0.15, 0.2) is 30.3 Å². The number of benzene rings is 1. The van der Waals surface area contributed by atoms with Crippen LogP contribution in [0.25, 0.3) is 0 Å². The summed E-state index contributed by atoms with van der Waals surface area (Å²) in [4.78, 5) is 27.7. The van der Waals surface area contributed by atoms with Crippen LogP contribution in [0.1, 0.15) is 50.1 Å². The van der Waals surface area contributed by atoms with Gasteiger partial charge in [0.05, 0.1) is 0 Å². The van der Waals surface area contributed by atoms with Crippen molar-refractivity contribution in [3.63, 3.8) is 0 Å². The molecule has 4 nitrogen and oxygen atoms in total. The molecule has 2 aliphatic carbocycles. The van der Waals surface area contributed by atoms with E-state index in [4.69, 9.17) is 0 Å². The van der Waals surface area contributed by atoms with Gasteiger partial charge in [-0.15, -0.1) is 0 Å². The first-order valence-electron chi connectivity index (χ1n) is 7.91. The lowest BCUT2D eigenvalue weighted by atomic mass is 9.88. The van der Waals surface area contributed by atoms with Crippen molar-refractivity contribution in [3.05, 3.63) is 35.9 Å². The van der Waals surface area contributed by atoms with Crippen LogP contribution in [0.4, 0.5) is 0 Å². The molecule has 0 aromatic heterocycles. The summed E-state index contributed by atoms with van der Waals surface area (Å²) in [6.07, 6.45) is 5.70. The predicted octanol–water partition coefficient (Wildman–Crippen LogP) is 2.16.